The molecule has 0 radical (unpaired) electrons. The van der Waals surface area contributed by atoms with E-state index in [1.807, 2.05) is 7.05 Å². The molecule has 1 aliphatic rings. The van der Waals surface area contributed by atoms with Crippen molar-refractivity contribution in [3.63, 3.8) is 0 Å². The maximum Gasteiger partial charge on any atom is 0.0750 e. The molecule has 1 saturated heterocycles. The number of ether oxygens (including phenoxy) is 1. The van der Waals surface area contributed by atoms with Crippen LogP contribution in [0.25, 0.3) is 0 Å². The first kappa shape index (κ1) is 15.3. The summed E-state index contributed by atoms with van der Waals surface area (Å²) in [4.78, 5) is 2.46. The second-order valence-electron chi connectivity index (χ2n) is 5.48. The molecule has 0 aliphatic carbocycles. The summed E-state index contributed by atoms with van der Waals surface area (Å²) < 4.78 is 5.80. The molecule has 20 heavy (non-hydrogen) atoms. The first-order chi connectivity index (χ1) is 9.80. The van der Waals surface area contributed by atoms with Gasteiger partial charge in [0.2, 0.25) is 0 Å². The van der Waals surface area contributed by atoms with E-state index >= 15 is 0 Å². The molecule has 0 amide bonds. The highest BCUT2D eigenvalue weighted by Gasteiger charge is 2.21. The van der Waals surface area contributed by atoms with Gasteiger partial charge in [0.25, 0.3) is 0 Å². The number of hydrogen-bond acceptors (Lipinski definition) is 3. The number of hydrogen-bond donors (Lipinski definition) is 1. The SMILES string of the molecule is CCC(NC)c1ccccc1N(CC)CC1CCCO1. The maximum absolute atomic E-state index is 5.80. The van der Waals surface area contributed by atoms with E-state index in [4.69, 9.17) is 4.74 Å². The molecule has 0 saturated carbocycles. The Morgan fingerprint density at radius 1 is 1.35 bits per heavy atom. The zero-order chi connectivity index (χ0) is 14.4. The summed E-state index contributed by atoms with van der Waals surface area (Å²) in [6.07, 6.45) is 3.91. The third-order valence-corrected chi connectivity index (χ3v) is 4.24. The Bertz CT molecular complexity index is 398. The predicted octanol–water partition coefficient (Wildman–Crippen LogP) is 3.36. The molecule has 1 aromatic rings. The minimum absolute atomic E-state index is 0.401. The van der Waals surface area contributed by atoms with Gasteiger partial charge >= 0.3 is 0 Å². The Morgan fingerprint density at radius 2 is 2.15 bits per heavy atom. The lowest BCUT2D eigenvalue weighted by atomic mass is 10.0. The number of nitrogens with zero attached hydrogens (tertiary/aromatic N) is 1. The highest BCUT2D eigenvalue weighted by atomic mass is 16.5. The highest BCUT2D eigenvalue weighted by Crippen LogP contribution is 2.29. The third-order valence-electron chi connectivity index (χ3n) is 4.24. The van der Waals surface area contributed by atoms with Crippen LogP contribution in [0, 0.1) is 0 Å². The predicted molar refractivity (Wildman–Crippen MR) is 85.4 cm³/mol. The molecular formula is C17H28N2O. The number of likely N-dealkylation sites (N-methyl/N-ethyl adjacent to an activating group) is 1. The van der Waals surface area contributed by atoms with Crippen LogP contribution in [0.4, 0.5) is 5.69 Å². The standard InChI is InChI=1S/C17H28N2O/c1-4-16(18-3)15-10-6-7-11-17(15)19(5-2)13-14-9-8-12-20-14/h6-7,10-11,14,16,18H,4-5,8-9,12-13H2,1-3H3. The van der Waals surface area contributed by atoms with Gasteiger partial charge in [0.1, 0.15) is 0 Å². The van der Waals surface area contributed by atoms with Crippen molar-refractivity contribution in [2.45, 2.75) is 45.3 Å². The van der Waals surface area contributed by atoms with Crippen molar-refractivity contribution >= 4 is 5.69 Å². The molecule has 2 rings (SSSR count). The molecule has 0 spiro atoms. The van der Waals surface area contributed by atoms with Crippen LogP contribution < -0.4 is 10.2 Å². The van der Waals surface area contributed by atoms with Crippen LogP contribution >= 0.6 is 0 Å². The first-order valence-electron chi connectivity index (χ1n) is 7.92. The Labute approximate surface area is 123 Å². The van der Waals surface area contributed by atoms with Gasteiger partial charge in [0.05, 0.1) is 6.10 Å². The van der Waals surface area contributed by atoms with Gasteiger partial charge in [-0.25, -0.2) is 0 Å². The highest BCUT2D eigenvalue weighted by molar-refractivity contribution is 5.55. The van der Waals surface area contributed by atoms with Gasteiger partial charge in [-0.1, -0.05) is 25.1 Å². The molecule has 1 aromatic carbocycles. The van der Waals surface area contributed by atoms with Crippen LogP contribution in [0.3, 0.4) is 0 Å². The normalized spacial score (nSPS) is 20.1. The van der Waals surface area contributed by atoms with Gasteiger partial charge in [-0.3, -0.25) is 0 Å². The molecule has 2 atom stereocenters. The fourth-order valence-electron chi connectivity index (χ4n) is 3.08. The van der Waals surface area contributed by atoms with Crippen molar-refractivity contribution in [1.82, 2.24) is 5.32 Å². The molecule has 112 valence electrons. The summed E-state index contributed by atoms with van der Waals surface area (Å²) >= 11 is 0. The second-order valence-corrected chi connectivity index (χ2v) is 5.48. The van der Waals surface area contributed by atoms with E-state index in [-0.39, 0.29) is 0 Å². The fraction of sp³-hybridized carbons (Fsp3) is 0.647. The molecule has 0 aromatic heterocycles. The number of rotatable bonds is 7. The van der Waals surface area contributed by atoms with Gasteiger partial charge < -0.3 is 15.0 Å². The topological polar surface area (TPSA) is 24.5 Å². The smallest absolute Gasteiger partial charge is 0.0750 e. The summed E-state index contributed by atoms with van der Waals surface area (Å²) in [5.74, 6) is 0. The van der Waals surface area contributed by atoms with Gasteiger partial charge in [0, 0.05) is 31.4 Å². The van der Waals surface area contributed by atoms with E-state index in [1.165, 1.54) is 24.1 Å². The van der Waals surface area contributed by atoms with Crippen LogP contribution in [0.5, 0.6) is 0 Å². The number of benzene rings is 1. The second kappa shape index (κ2) is 7.65. The quantitative estimate of drug-likeness (QED) is 0.826. The Kier molecular flexibility index (Phi) is 5.86. The maximum atomic E-state index is 5.80. The lowest BCUT2D eigenvalue weighted by Crippen LogP contribution is -2.33. The van der Waals surface area contributed by atoms with Crippen LogP contribution in [0.2, 0.25) is 0 Å². The number of para-hydroxylation sites is 1. The van der Waals surface area contributed by atoms with Crippen LogP contribution in [0.1, 0.15) is 44.7 Å². The molecule has 1 N–H and O–H groups in total. The van der Waals surface area contributed by atoms with Crippen molar-refractivity contribution in [3.8, 4) is 0 Å². The molecule has 2 unspecified atom stereocenters. The molecule has 3 heteroatoms. The van der Waals surface area contributed by atoms with E-state index in [1.54, 1.807) is 0 Å². The average molecular weight is 276 g/mol. The van der Waals surface area contributed by atoms with Crippen LogP contribution in [-0.2, 0) is 4.74 Å². The Balaban J connectivity index is 2.19. The lowest BCUT2D eigenvalue weighted by Gasteiger charge is -2.30. The van der Waals surface area contributed by atoms with E-state index in [2.05, 4.69) is 48.3 Å². The molecular weight excluding hydrogens is 248 g/mol. The molecule has 0 bridgehead atoms. The van der Waals surface area contributed by atoms with Crippen molar-refractivity contribution in [2.24, 2.45) is 0 Å². The third kappa shape index (κ3) is 3.53. The van der Waals surface area contributed by atoms with E-state index in [9.17, 15) is 0 Å². The van der Waals surface area contributed by atoms with Gasteiger partial charge in [0.15, 0.2) is 0 Å². The molecule has 3 nitrogen and oxygen atoms in total. The Morgan fingerprint density at radius 3 is 2.75 bits per heavy atom. The van der Waals surface area contributed by atoms with Gasteiger partial charge in [-0.05, 0) is 44.9 Å². The van der Waals surface area contributed by atoms with Gasteiger partial charge in [-0.15, -0.1) is 0 Å². The summed E-state index contributed by atoms with van der Waals surface area (Å²) in [5.41, 5.74) is 2.75. The van der Waals surface area contributed by atoms with E-state index in [0.29, 0.717) is 12.1 Å². The number of anilines is 1. The molecule has 1 heterocycles. The lowest BCUT2D eigenvalue weighted by molar-refractivity contribution is 0.115. The Hall–Kier alpha value is -1.06. The fourth-order valence-corrected chi connectivity index (χ4v) is 3.08. The van der Waals surface area contributed by atoms with E-state index < -0.39 is 0 Å². The number of nitrogens with one attached hydrogen (secondary N) is 1. The summed E-state index contributed by atoms with van der Waals surface area (Å²) in [6, 6.07) is 9.19. The summed E-state index contributed by atoms with van der Waals surface area (Å²) in [7, 11) is 2.04. The van der Waals surface area contributed by atoms with E-state index in [0.717, 1.165) is 26.1 Å². The average Bonchev–Trinajstić information content (AvgIpc) is 3.00. The molecule has 1 fully saturated rings. The van der Waals surface area contributed by atoms with Gasteiger partial charge in [-0.2, -0.15) is 0 Å². The summed E-state index contributed by atoms with van der Waals surface area (Å²) in [6.45, 7) is 7.42. The van der Waals surface area contributed by atoms with Crippen LogP contribution in [-0.4, -0.2) is 32.8 Å². The summed E-state index contributed by atoms with van der Waals surface area (Å²) in [5, 5.41) is 3.42. The van der Waals surface area contributed by atoms with Crippen molar-refractivity contribution < 1.29 is 4.74 Å². The van der Waals surface area contributed by atoms with Crippen molar-refractivity contribution in [2.75, 3.05) is 31.6 Å². The monoisotopic (exact) mass is 276 g/mol. The molecule has 1 aliphatic heterocycles. The minimum Gasteiger partial charge on any atom is -0.376 e. The van der Waals surface area contributed by atoms with Crippen molar-refractivity contribution in [3.05, 3.63) is 29.8 Å². The van der Waals surface area contributed by atoms with Crippen molar-refractivity contribution in [1.29, 1.82) is 0 Å². The van der Waals surface area contributed by atoms with Crippen LogP contribution in [0.15, 0.2) is 24.3 Å². The minimum atomic E-state index is 0.401. The zero-order valence-electron chi connectivity index (χ0n) is 13.1. The zero-order valence-corrected chi connectivity index (χ0v) is 13.1. The first-order valence-corrected chi connectivity index (χ1v) is 7.92. The largest absolute Gasteiger partial charge is 0.376 e.